The molecule has 2 rings (SSSR count). The molecule has 3 nitrogen and oxygen atoms in total. The number of rotatable bonds is 6. The zero-order valence-corrected chi connectivity index (χ0v) is 11.0. The lowest BCUT2D eigenvalue weighted by atomic mass is 10.1. The molecule has 0 saturated carbocycles. The molecule has 1 fully saturated rings. The van der Waals surface area contributed by atoms with Crippen LogP contribution in [0.3, 0.4) is 0 Å². The van der Waals surface area contributed by atoms with Crippen molar-refractivity contribution in [1.82, 2.24) is 10.2 Å². The molecule has 0 bridgehead atoms. The molecule has 0 amide bonds. The SMILES string of the molecule is CCC1CCC(C)N1CCNCc1ccoc1. The van der Waals surface area contributed by atoms with E-state index in [0.717, 1.165) is 31.7 Å². The van der Waals surface area contributed by atoms with E-state index in [1.54, 1.807) is 12.5 Å². The maximum absolute atomic E-state index is 5.05. The summed E-state index contributed by atoms with van der Waals surface area (Å²) >= 11 is 0. The van der Waals surface area contributed by atoms with E-state index in [9.17, 15) is 0 Å². The van der Waals surface area contributed by atoms with Crippen molar-refractivity contribution in [2.75, 3.05) is 13.1 Å². The van der Waals surface area contributed by atoms with E-state index in [4.69, 9.17) is 4.42 Å². The molecule has 1 aromatic heterocycles. The first-order chi connectivity index (χ1) is 8.31. The van der Waals surface area contributed by atoms with Crippen LogP contribution in [0.15, 0.2) is 23.0 Å². The van der Waals surface area contributed by atoms with Crippen LogP contribution in [0.4, 0.5) is 0 Å². The summed E-state index contributed by atoms with van der Waals surface area (Å²) in [7, 11) is 0. The fourth-order valence-electron chi connectivity index (χ4n) is 2.80. The number of hydrogen-bond donors (Lipinski definition) is 1. The Kier molecular flexibility index (Phi) is 4.63. The van der Waals surface area contributed by atoms with Crippen molar-refractivity contribution in [2.24, 2.45) is 0 Å². The predicted octanol–water partition coefficient (Wildman–Crippen LogP) is 2.63. The molecule has 0 aliphatic carbocycles. The summed E-state index contributed by atoms with van der Waals surface area (Å²) < 4.78 is 5.05. The number of nitrogens with zero attached hydrogens (tertiary/aromatic N) is 1. The van der Waals surface area contributed by atoms with Gasteiger partial charge in [-0.1, -0.05) is 6.92 Å². The minimum Gasteiger partial charge on any atom is -0.472 e. The van der Waals surface area contributed by atoms with Gasteiger partial charge in [-0.2, -0.15) is 0 Å². The third kappa shape index (κ3) is 3.33. The summed E-state index contributed by atoms with van der Waals surface area (Å²) in [6, 6.07) is 3.58. The quantitative estimate of drug-likeness (QED) is 0.770. The van der Waals surface area contributed by atoms with Gasteiger partial charge in [0, 0.05) is 37.3 Å². The van der Waals surface area contributed by atoms with E-state index in [2.05, 4.69) is 24.1 Å². The van der Waals surface area contributed by atoms with Gasteiger partial charge in [0.2, 0.25) is 0 Å². The molecular formula is C14H24N2O. The smallest absolute Gasteiger partial charge is 0.0947 e. The van der Waals surface area contributed by atoms with Gasteiger partial charge in [-0.05, 0) is 32.3 Å². The molecule has 2 unspecified atom stereocenters. The molecule has 17 heavy (non-hydrogen) atoms. The van der Waals surface area contributed by atoms with Crippen molar-refractivity contribution in [1.29, 1.82) is 0 Å². The van der Waals surface area contributed by atoms with Crippen LogP contribution in [0.1, 0.15) is 38.7 Å². The average Bonchev–Trinajstić information content (AvgIpc) is 2.95. The first-order valence-corrected chi connectivity index (χ1v) is 6.78. The van der Waals surface area contributed by atoms with E-state index in [1.165, 1.54) is 24.8 Å². The van der Waals surface area contributed by atoms with Crippen molar-refractivity contribution in [3.63, 3.8) is 0 Å². The highest BCUT2D eigenvalue weighted by Gasteiger charge is 2.28. The number of hydrogen-bond acceptors (Lipinski definition) is 3. The van der Waals surface area contributed by atoms with Gasteiger partial charge in [-0.3, -0.25) is 4.90 Å². The molecule has 3 heteroatoms. The van der Waals surface area contributed by atoms with Gasteiger partial charge in [0.15, 0.2) is 0 Å². The van der Waals surface area contributed by atoms with E-state index in [-0.39, 0.29) is 0 Å². The Balaban J connectivity index is 1.67. The first kappa shape index (κ1) is 12.7. The minimum absolute atomic E-state index is 0.760. The zero-order chi connectivity index (χ0) is 12.1. The lowest BCUT2D eigenvalue weighted by Crippen LogP contribution is -2.39. The van der Waals surface area contributed by atoms with Crippen molar-refractivity contribution < 1.29 is 4.42 Å². The van der Waals surface area contributed by atoms with Gasteiger partial charge in [-0.25, -0.2) is 0 Å². The van der Waals surface area contributed by atoms with Crippen LogP contribution in [0.25, 0.3) is 0 Å². The van der Waals surface area contributed by atoms with Crippen LogP contribution >= 0.6 is 0 Å². The summed E-state index contributed by atoms with van der Waals surface area (Å²) in [5.41, 5.74) is 1.23. The number of likely N-dealkylation sites (tertiary alicyclic amines) is 1. The van der Waals surface area contributed by atoms with Crippen LogP contribution < -0.4 is 5.32 Å². The van der Waals surface area contributed by atoms with Gasteiger partial charge in [0.25, 0.3) is 0 Å². The highest BCUT2D eigenvalue weighted by atomic mass is 16.3. The average molecular weight is 236 g/mol. The molecule has 2 heterocycles. The predicted molar refractivity (Wildman–Crippen MR) is 69.9 cm³/mol. The molecule has 2 atom stereocenters. The summed E-state index contributed by atoms with van der Waals surface area (Å²) in [6.07, 6.45) is 7.55. The number of nitrogens with one attached hydrogen (secondary N) is 1. The molecule has 1 aliphatic rings. The summed E-state index contributed by atoms with van der Waals surface area (Å²) in [5.74, 6) is 0. The van der Waals surface area contributed by atoms with Crippen LogP contribution in [-0.2, 0) is 6.54 Å². The van der Waals surface area contributed by atoms with E-state index in [0.29, 0.717) is 0 Å². The second-order valence-corrected chi connectivity index (χ2v) is 5.03. The highest BCUT2D eigenvalue weighted by molar-refractivity contribution is 5.04. The van der Waals surface area contributed by atoms with E-state index in [1.807, 2.05) is 6.07 Å². The Morgan fingerprint density at radius 2 is 2.35 bits per heavy atom. The van der Waals surface area contributed by atoms with Crippen LogP contribution in [-0.4, -0.2) is 30.1 Å². The normalized spacial score (nSPS) is 25.5. The third-order valence-corrected chi connectivity index (χ3v) is 3.88. The third-order valence-electron chi connectivity index (χ3n) is 3.88. The largest absolute Gasteiger partial charge is 0.472 e. The van der Waals surface area contributed by atoms with Crippen LogP contribution in [0, 0.1) is 0 Å². The van der Waals surface area contributed by atoms with Gasteiger partial charge in [-0.15, -0.1) is 0 Å². The Bertz CT molecular complexity index is 310. The van der Waals surface area contributed by atoms with Crippen molar-refractivity contribution in [2.45, 2.75) is 51.7 Å². The van der Waals surface area contributed by atoms with Crippen molar-refractivity contribution in [3.05, 3.63) is 24.2 Å². The zero-order valence-electron chi connectivity index (χ0n) is 11.0. The summed E-state index contributed by atoms with van der Waals surface area (Å²) in [5, 5.41) is 3.48. The van der Waals surface area contributed by atoms with Crippen molar-refractivity contribution >= 4 is 0 Å². The summed E-state index contributed by atoms with van der Waals surface area (Å²) in [4.78, 5) is 2.66. The maximum atomic E-state index is 5.05. The lowest BCUT2D eigenvalue weighted by Gasteiger charge is -2.27. The molecule has 1 saturated heterocycles. The Morgan fingerprint density at radius 3 is 3.06 bits per heavy atom. The highest BCUT2D eigenvalue weighted by Crippen LogP contribution is 2.24. The summed E-state index contributed by atoms with van der Waals surface area (Å²) in [6.45, 7) is 7.79. The van der Waals surface area contributed by atoms with Gasteiger partial charge < -0.3 is 9.73 Å². The first-order valence-electron chi connectivity index (χ1n) is 6.78. The Hall–Kier alpha value is -0.800. The van der Waals surface area contributed by atoms with Gasteiger partial charge in [0.05, 0.1) is 12.5 Å². The van der Waals surface area contributed by atoms with Crippen molar-refractivity contribution in [3.8, 4) is 0 Å². The van der Waals surface area contributed by atoms with E-state index >= 15 is 0 Å². The molecule has 1 aliphatic heterocycles. The Labute approximate surface area is 104 Å². The second-order valence-electron chi connectivity index (χ2n) is 5.03. The standard InChI is InChI=1S/C14H24N2O/c1-3-14-5-4-12(2)16(14)8-7-15-10-13-6-9-17-11-13/h6,9,11-12,14-15H,3-5,7-8,10H2,1-2H3. The second kappa shape index (κ2) is 6.22. The molecular weight excluding hydrogens is 212 g/mol. The molecule has 96 valence electrons. The molecule has 0 radical (unpaired) electrons. The van der Waals surface area contributed by atoms with Crippen LogP contribution in [0.5, 0.6) is 0 Å². The Morgan fingerprint density at radius 1 is 1.47 bits per heavy atom. The molecule has 1 aromatic rings. The van der Waals surface area contributed by atoms with Gasteiger partial charge in [0.1, 0.15) is 0 Å². The fourth-order valence-corrected chi connectivity index (χ4v) is 2.80. The van der Waals surface area contributed by atoms with Crippen LogP contribution in [0.2, 0.25) is 0 Å². The van der Waals surface area contributed by atoms with E-state index < -0.39 is 0 Å². The monoisotopic (exact) mass is 236 g/mol. The fraction of sp³-hybridized carbons (Fsp3) is 0.714. The topological polar surface area (TPSA) is 28.4 Å². The lowest BCUT2D eigenvalue weighted by molar-refractivity contribution is 0.199. The van der Waals surface area contributed by atoms with Gasteiger partial charge >= 0.3 is 0 Å². The maximum Gasteiger partial charge on any atom is 0.0947 e. The molecule has 1 N–H and O–H groups in total. The number of furan rings is 1. The molecule has 0 aromatic carbocycles. The molecule has 0 spiro atoms. The minimum atomic E-state index is 0.760.